The Morgan fingerprint density at radius 3 is 2.24 bits per heavy atom. The van der Waals surface area contributed by atoms with E-state index in [1.807, 2.05) is 65.6 Å². The van der Waals surface area contributed by atoms with Crippen molar-refractivity contribution in [3.05, 3.63) is 90.0 Å². The maximum Gasteiger partial charge on any atom is 0.297 e. The summed E-state index contributed by atoms with van der Waals surface area (Å²) >= 11 is 0. The van der Waals surface area contributed by atoms with Crippen LogP contribution in [-0.4, -0.2) is 50.7 Å². The van der Waals surface area contributed by atoms with Gasteiger partial charge in [0.2, 0.25) is 17.8 Å². The molecule has 0 aliphatic heterocycles. The van der Waals surface area contributed by atoms with Crippen molar-refractivity contribution in [1.82, 2.24) is 15.0 Å². The SMILES string of the molecule is COCCNc1nc(Nc2ccc(C)c(S(=O)(=O)OC)c2)nc(N(Cc2ccccc2)c2ccccc2)n1. The molecule has 0 saturated carbocycles. The van der Waals surface area contributed by atoms with E-state index in [9.17, 15) is 8.42 Å². The number of nitrogens with one attached hydrogen (secondary N) is 2. The van der Waals surface area contributed by atoms with Gasteiger partial charge < -0.3 is 20.3 Å². The number of aryl methyl sites for hydroxylation is 1. The number of para-hydroxylation sites is 1. The molecular weight excluding hydrogens is 504 g/mol. The first-order valence-electron chi connectivity index (χ1n) is 11.9. The Kier molecular flexibility index (Phi) is 8.85. The van der Waals surface area contributed by atoms with Gasteiger partial charge >= 0.3 is 0 Å². The third-order valence-corrected chi connectivity index (χ3v) is 7.06. The summed E-state index contributed by atoms with van der Waals surface area (Å²) in [4.78, 5) is 15.9. The van der Waals surface area contributed by atoms with E-state index in [-0.39, 0.29) is 10.8 Å². The summed E-state index contributed by atoms with van der Waals surface area (Å²) in [5.41, 5.74) is 3.03. The van der Waals surface area contributed by atoms with Crippen LogP contribution in [0.5, 0.6) is 0 Å². The van der Waals surface area contributed by atoms with Crippen molar-refractivity contribution in [1.29, 1.82) is 0 Å². The third-order valence-electron chi connectivity index (χ3n) is 5.64. The predicted molar refractivity (Wildman–Crippen MR) is 148 cm³/mol. The molecule has 0 radical (unpaired) electrons. The molecule has 0 aliphatic carbocycles. The fourth-order valence-corrected chi connectivity index (χ4v) is 4.62. The van der Waals surface area contributed by atoms with Crippen LogP contribution in [0.1, 0.15) is 11.1 Å². The highest BCUT2D eigenvalue weighted by molar-refractivity contribution is 7.86. The molecule has 0 amide bonds. The fourth-order valence-electron chi connectivity index (χ4n) is 3.70. The number of methoxy groups -OCH3 is 1. The summed E-state index contributed by atoms with van der Waals surface area (Å²) in [6, 6.07) is 24.8. The fraction of sp³-hybridized carbons (Fsp3) is 0.222. The second kappa shape index (κ2) is 12.5. The minimum Gasteiger partial charge on any atom is -0.383 e. The maximum atomic E-state index is 12.4. The van der Waals surface area contributed by atoms with Crippen molar-refractivity contribution in [2.24, 2.45) is 0 Å². The molecule has 0 aliphatic rings. The zero-order valence-electron chi connectivity index (χ0n) is 21.5. The van der Waals surface area contributed by atoms with E-state index in [0.717, 1.165) is 18.4 Å². The highest BCUT2D eigenvalue weighted by Crippen LogP contribution is 2.28. The number of hydrogen-bond acceptors (Lipinski definition) is 10. The monoisotopic (exact) mass is 534 g/mol. The molecule has 198 valence electrons. The number of rotatable bonds is 12. The molecule has 0 bridgehead atoms. The number of ether oxygens (including phenoxy) is 1. The minimum atomic E-state index is -3.89. The van der Waals surface area contributed by atoms with Gasteiger partial charge in [0, 0.05) is 25.0 Å². The van der Waals surface area contributed by atoms with E-state index in [2.05, 4.69) is 20.6 Å². The van der Waals surface area contributed by atoms with Crippen LogP contribution in [0.4, 0.5) is 29.2 Å². The lowest BCUT2D eigenvalue weighted by atomic mass is 10.2. The molecule has 0 fully saturated rings. The largest absolute Gasteiger partial charge is 0.383 e. The van der Waals surface area contributed by atoms with Gasteiger partial charge in [0.25, 0.3) is 10.1 Å². The quantitative estimate of drug-likeness (QED) is 0.196. The van der Waals surface area contributed by atoms with Gasteiger partial charge in [-0.25, -0.2) is 0 Å². The first-order valence-corrected chi connectivity index (χ1v) is 13.3. The Balaban J connectivity index is 1.75. The van der Waals surface area contributed by atoms with Gasteiger partial charge in [-0.1, -0.05) is 54.6 Å². The van der Waals surface area contributed by atoms with E-state index in [1.54, 1.807) is 26.2 Å². The van der Waals surface area contributed by atoms with E-state index in [0.29, 0.717) is 42.8 Å². The Morgan fingerprint density at radius 1 is 0.868 bits per heavy atom. The number of benzene rings is 3. The Morgan fingerprint density at radius 2 is 1.55 bits per heavy atom. The molecule has 0 atom stereocenters. The molecule has 3 aromatic carbocycles. The summed E-state index contributed by atoms with van der Waals surface area (Å²) in [7, 11) is -1.13. The molecule has 4 rings (SSSR count). The third kappa shape index (κ3) is 6.82. The van der Waals surface area contributed by atoms with E-state index >= 15 is 0 Å². The standard InChI is InChI=1S/C27H30N6O4S/c1-20-14-15-22(18-24(20)38(34,35)37-3)29-26-30-25(28-16-17-36-2)31-27(32-26)33(23-12-8-5-9-13-23)19-21-10-6-4-7-11-21/h4-15,18H,16-17,19H2,1-3H3,(H2,28,29,30,31,32). The molecular formula is C27H30N6O4S. The first-order chi connectivity index (χ1) is 18.4. The molecule has 1 aromatic heterocycles. The lowest BCUT2D eigenvalue weighted by Gasteiger charge is -2.24. The molecule has 11 heteroatoms. The summed E-state index contributed by atoms with van der Waals surface area (Å²) in [5.74, 6) is 1.00. The highest BCUT2D eigenvalue weighted by Gasteiger charge is 2.19. The smallest absolute Gasteiger partial charge is 0.297 e. The number of nitrogens with zero attached hydrogens (tertiary/aromatic N) is 4. The van der Waals surface area contributed by atoms with E-state index in [1.165, 1.54) is 6.07 Å². The second-order valence-corrected chi connectivity index (χ2v) is 10.0. The topological polar surface area (TPSA) is 119 Å². The molecule has 0 saturated heterocycles. The van der Waals surface area contributed by atoms with Gasteiger partial charge in [-0.2, -0.15) is 23.4 Å². The van der Waals surface area contributed by atoms with Crippen molar-refractivity contribution in [2.75, 3.05) is 42.9 Å². The van der Waals surface area contributed by atoms with Crippen molar-refractivity contribution < 1.29 is 17.3 Å². The molecule has 0 spiro atoms. The molecule has 38 heavy (non-hydrogen) atoms. The van der Waals surface area contributed by atoms with Gasteiger partial charge in [-0.05, 0) is 42.3 Å². The van der Waals surface area contributed by atoms with Crippen LogP contribution in [0.2, 0.25) is 0 Å². The second-order valence-electron chi connectivity index (χ2n) is 8.34. The van der Waals surface area contributed by atoms with Crippen LogP contribution in [-0.2, 0) is 25.6 Å². The average Bonchev–Trinajstić information content (AvgIpc) is 2.94. The lowest BCUT2D eigenvalue weighted by molar-refractivity contribution is 0.210. The zero-order valence-corrected chi connectivity index (χ0v) is 22.3. The van der Waals surface area contributed by atoms with E-state index in [4.69, 9.17) is 13.9 Å². The van der Waals surface area contributed by atoms with Crippen molar-refractivity contribution in [2.45, 2.75) is 18.4 Å². The summed E-state index contributed by atoms with van der Waals surface area (Å²) in [6.45, 7) is 3.18. The minimum absolute atomic E-state index is 0.0627. The Labute approximate surface area is 222 Å². The molecule has 10 nitrogen and oxygen atoms in total. The van der Waals surface area contributed by atoms with Crippen LogP contribution >= 0.6 is 0 Å². The zero-order chi connectivity index (χ0) is 27.0. The van der Waals surface area contributed by atoms with Gasteiger partial charge in [0.05, 0.1) is 25.2 Å². The van der Waals surface area contributed by atoms with Crippen molar-refractivity contribution >= 4 is 39.3 Å². The number of aromatic nitrogens is 3. The van der Waals surface area contributed by atoms with Gasteiger partial charge in [0.1, 0.15) is 0 Å². The average molecular weight is 535 g/mol. The summed E-state index contributed by atoms with van der Waals surface area (Å²) < 4.78 is 34.6. The molecule has 2 N–H and O–H groups in total. The molecule has 1 heterocycles. The molecule has 0 unspecified atom stereocenters. The highest BCUT2D eigenvalue weighted by atomic mass is 32.2. The van der Waals surface area contributed by atoms with Gasteiger partial charge in [-0.15, -0.1) is 0 Å². The predicted octanol–water partition coefficient (Wildman–Crippen LogP) is 4.66. The molecule has 4 aromatic rings. The van der Waals surface area contributed by atoms with Gasteiger partial charge in [-0.3, -0.25) is 4.18 Å². The Hall–Kier alpha value is -4.06. The maximum absolute atomic E-state index is 12.4. The first kappa shape index (κ1) is 27.0. The van der Waals surface area contributed by atoms with Crippen LogP contribution in [0.3, 0.4) is 0 Å². The van der Waals surface area contributed by atoms with Gasteiger partial charge in [0.15, 0.2) is 0 Å². The van der Waals surface area contributed by atoms with Crippen molar-refractivity contribution in [3.63, 3.8) is 0 Å². The summed E-state index contributed by atoms with van der Waals surface area (Å²) in [6.07, 6.45) is 0. The number of hydrogen-bond donors (Lipinski definition) is 2. The van der Waals surface area contributed by atoms with Crippen LogP contribution < -0.4 is 15.5 Å². The van der Waals surface area contributed by atoms with Crippen LogP contribution in [0.15, 0.2) is 83.8 Å². The van der Waals surface area contributed by atoms with Crippen molar-refractivity contribution in [3.8, 4) is 0 Å². The van der Waals surface area contributed by atoms with Crippen LogP contribution in [0.25, 0.3) is 0 Å². The summed E-state index contributed by atoms with van der Waals surface area (Å²) in [5, 5.41) is 6.30. The van der Waals surface area contributed by atoms with Crippen LogP contribution in [0, 0.1) is 6.92 Å². The van der Waals surface area contributed by atoms with E-state index < -0.39 is 10.1 Å². The Bertz CT molecular complexity index is 1450. The normalized spacial score (nSPS) is 11.2. The lowest BCUT2D eigenvalue weighted by Crippen LogP contribution is -2.21. The number of anilines is 5.